The first kappa shape index (κ1) is 5.71. The van der Waals surface area contributed by atoms with Gasteiger partial charge in [0.15, 0.2) is 0 Å². The Kier molecular flexibility index (Phi) is 5.39. The third kappa shape index (κ3) is 4.71. The van der Waals surface area contributed by atoms with Crippen molar-refractivity contribution in [2.45, 2.75) is 23.3 Å². The molecule has 30 valence electrons. The molecule has 0 atom stereocenters. The maximum absolute atomic E-state index is 2.34. The van der Waals surface area contributed by atoms with Crippen LogP contribution in [0.15, 0.2) is 0 Å². The van der Waals surface area contributed by atoms with E-state index in [9.17, 15) is 0 Å². The fraction of sp³-hybridized carbons (Fsp3) is 1.00. The maximum atomic E-state index is 2.34. The summed E-state index contributed by atoms with van der Waals surface area (Å²) in [6, 6.07) is 0. The second-order valence-corrected chi connectivity index (χ2v) is 2.99. The minimum atomic E-state index is 0.507. The topological polar surface area (TPSA) is 0 Å². The van der Waals surface area contributed by atoms with Gasteiger partial charge in [0, 0.05) is 0 Å². The molecule has 5 heavy (non-hydrogen) atoms. The van der Waals surface area contributed by atoms with Gasteiger partial charge in [-0.2, -0.15) is 0 Å². The van der Waals surface area contributed by atoms with E-state index in [4.69, 9.17) is 0 Å². The predicted molar refractivity (Wildman–Crippen MR) is 21.0 cm³/mol. The van der Waals surface area contributed by atoms with Crippen LogP contribution in [0.25, 0.3) is 0 Å². The van der Waals surface area contributed by atoms with Crippen molar-refractivity contribution in [1.29, 1.82) is 0 Å². The Labute approximate surface area is 42.9 Å². The van der Waals surface area contributed by atoms with Gasteiger partial charge in [-0.25, -0.2) is 0 Å². The van der Waals surface area contributed by atoms with E-state index in [-0.39, 0.29) is 0 Å². The monoisotopic (exact) mass is 106 g/mol. The Morgan fingerprint density at radius 2 is 2.20 bits per heavy atom. The fourth-order valence-electron chi connectivity index (χ4n) is 0.250. The summed E-state index contributed by atoms with van der Waals surface area (Å²) in [5.74, 6) is 0. The van der Waals surface area contributed by atoms with Crippen LogP contribution in [0.3, 0.4) is 0 Å². The molecule has 0 heterocycles. The second-order valence-electron chi connectivity index (χ2n) is 1.10. The van der Waals surface area contributed by atoms with E-state index < -0.39 is 0 Å². The fourth-order valence-corrected chi connectivity index (χ4v) is 1.03. The third-order valence-corrected chi connectivity index (χ3v) is 2.06. The van der Waals surface area contributed by atoms with Gasteiger partial charge in [0.2, 0.25) is 0 Å². The van der Waals surface area contributed by atoms with Crippen LogP contribution < -0.4 is 0 Å². The van der Waals surface area contributed by atoms with E-state index in [1.54, 1.807) is 0 Å². The average molecular weight is 106 g/mol. The molecule has 0 amide bonds. The van der Waals surface area contributed by atoms with Crippen molar-refractivity contribution in [3.05, 3.63) is 0 Å². The van der Waals surface area contributed by atoms with E-state index in [0.29, 0.717) is 19.2 Å². The first-order valence-corrected chi connectivity index (χ1v) is 4.73. The summed E-state index contributed by atoms with van der Waals surface area (Å²) in [6.07, 6.45) is 1.40. The molecule has 0 rings (SSSR count). The zero-order valence-corrected chi connectivity index (χ0v) is 5.48. The molecule has 0 saturated carbocycles. The van der Waals surface area contributed by atoms with E-state index in [2.05, 4.69) is 12.2 Å². The second kappa shape index (κ2) is 4.71. The summed E-state index contributed by atoms with van der Waals surface area (Å²) in [5, 5.41) is 2.34. The molecule has 0 unspecified atom stereocenters. The zero-order chi connectivity index (χ0) is 4.12. The van der Waals surface area contributed by atoms with Gasteiger partial charge in [-0.3, -0.25) is 0 Å². The third-order valence-electron chi connectivity index (χ3n) is 0.500. The van der Waals surface area contributed by atoms with Crippen LogP contribution in [-0.2, 0) is 19.2 Å². The van der Waals surface area contributed by atoms with Gasteiger partial charge in [0.1, 0.15) is 0 Å². The van der Waals surface area contributed by atoms with Crippen LogP contribution in [0, 0.1) is 0 Å². The molecule has 1 heteroatoms. The first-order chi connectivity index (χ1) is 2.41. The molecule has 0 saturated heterocycles. The van der Waals surface area contributed by atoms with Crippen molar-refractivity contribution in [3.63, 3.8) is 0 Å². The van der Waals surface area contributed by atoms with Gasteiger partial charge in [-0.1, -0.05) is 0 Å². The van der Waals surface area contributed by atoms with Crippen LogP contribution in [0.1, 0.15) is 13.3 Å². The molecular formula is C4H10Ti. The summed E-state index contributed by atoms with van der Waals surface area (Å²) in [5.41, 5.74) is 0. The van der Waals surface area contributed by atoms with Crippen LogP contribution in [0.5, 0.6) is 0 Å². The summed E-state index contributed by atoms with van der Waals surface area (Å²) in [7, 11) is 0. The Morgan fingerprint density at radius 1 is 1.60 bits per heavy atom. The van der Waals surface area contributed by atoms with Crippen molar-refractivity contribution in [2.75, 3.05) is 0 Å². The minimum absolute atomic E-state index is 0.507. The summed E-state index contributed by atoms with van der Waals surface area (Å²) in [6.45, 7) is 2.24. The van der Waals surface area contributed by atoms with Gasteiger partial charge in [0.05, 0.1) is 0 Å². The number of hydrogen-bond acceptors (Lipinski definition) is 0. The van der Waals surface area contributed by atoms with Crippen molar-refractivity contribution >= 4 is 0 Å². The van der Waals surface area contributed by atoms with Gasteiger partial charge >= 0.3 is 42.5 Å². The molecule has 0 aliphatic heterocycles. The van der Waals surface area contributed by atoms with Crippen molar-refractivity contribution in [1.82, 2.24) is 0 Å². The Bertz CT molecular complexity index is 11.1. The standard InChI is InChI=1S/C3H7.CH3.Ti/c1-3-2;;/h1,3H2,2H3;1H3;. The molecule has 0 aromatic carbocycles. The molecule has 0 nitrogen and oxygen atoms in total. The quantitative estimate of drug-likeness (QED) is 0.472. The molecule has 0 aromatic rings. The molecule has 0 bridgehead atoms. The molecule has 0 aromatic heterocycles. The van der Waals surface area contributed by atoms with Gasteiger partial charge in [-0.15, -0.1) is 0 Å². The normalized spacial score (nSPS) is 7.60. The van der Waals surface area contributed by atoms with Gasteiger partial charge in [-0.05, 0) is 0 Å². The first-order valence-electron chi connectivity index (χ1n) is 2.06. The molecular weight excluding hydrogens is 95.9 g/mol. The van der Waals surface area contributed by atoms with Crippen molar-refractivity contribution in [3.8, 4) is 0 Å². The average Bonchev–Trinajstić information content (AvgIpc) is 1.41. The Hall–Kier alpha value is 0.714. The Morgan fingerprint density at radius 3 is 2.20 bits per heavy atom. The number of hydrogen-bond donors (Lipinski definition) is 0. The van der Waals surface area contributed by atoms with Crippen molar-refractivity contribution < 1.29 is 19.2 Å². The summed E-state index contributed by atoms with van der Waals surface area (Å²) in [4.78, 5) is 0. The van der Waals surface area contributed by atoms with E-state index in [1.807, 2.05) is 0 Å². The number of rotatable bonds is 2. The van der Waals surface area contributed by atoms with Crippen LogP contribution >= 0.6 is 0 Å². The van der Waals surface area contributed by atoms with Gasteiger partial charge in [0.25, 0.3) is 0 Å². The SMILES string of the molecule is CC[CH2][Ti][CH3]. The van der Waals surface area contributed by atoms with E-state index in [0.717, 1.165) is 0 Å². The van der Waals surface area contributed by atoms with Crippen LogP contribution in [-0.4, -0.2) is 0 Å². The summed E-state index contributed by atoms with van der Waals surface area (Å²) >= 11 is 0.507. The molecule has 0 aliphatic carbocycles. The van der Waals surface area contributed by atoms with Crippen LogP contribution in [0.4, 0.5) is 0 Å². The zero-order valence-electron chi connectivity index (χ0n) is 3.91. The van der Waals surface area contributed by atoms with E-state index >= 15 is 0 Å². The molecule has 0 spiro atoms. The molecule has 0 fully saturated rings. The predicted octanol–water partition coefficient (Wildman–Crippen LogP) is 1.95. The molecule has 0 aliphatic rings. The van der Waals surface area contributed by atoms with Crippen molar-refractivity contribution in [2.24, 2.45) is 0 Å². The molecule has 0 radical (unpaired) electrons. The van der Waals surface area contributed by atoms with Gasteiger partial charge < -0.3 is 0 Å². The molecule has 0 N–H and O–H groups in total. The van der Waals surface area contributed by atoms with E-state index in [1.165, 1.54) is 11.1 Å². The van der Waals surface area contributed by atoms with Crippen LogP contribution in [0.2, 0.25) is 9.95 Å². The summed E-state index contributed by atoms with van der Waals surface area (Å²) < 4.78 is 1.51. The Balaban J connectivity index is 2.19.